The highest BCUT2D eigenvalue weighted by Crippen LogP contribution is 2.28. The lowest BCUT2D eigenvalue weighted by molar-refractivity contribution is 0.479. The molecule has 0 fully saturated rings. The van der Waals surface area contributed by atoms with E-state index in [1.165, 1.54) is 4.68 Å². The minimum atomic E-state index is 0.162. The number of aryl methyl sites for hydroxylation is 1. The van der Waals surface area contributed by atoms with Crippen molar-refractivity contribution in [1.29, 1.82) is 0 Å². The number of aromatic hydroxyl groups is 1. The standard InChI is InChI=1S/C8H7ClN2O/c1-11-8(9)5-3-2-4-6(12)7(5)10-11/h2-4,12H,1H3. The molecule has 1 heterocycles. The van der Waals surface area contributed by atoms with Crippen molar-refractivity contribution in [1.82, 2.24) is 9.78 Å². The van der Waals surface area contributed by atoms with Gasteiger partial charge in [0.1, 0.15) is 16.4 Å². The largest absolute Gasteiger partial charge is 0.506 e. The predicted molar refractivity (Wildman–Crippen MR) is 47.4 cm³/mol. The maximum absolute atomic E-state index is 9.37. The third kappa shape index (κ3) is 0.865. The number of nitrogens with zero attached hydrogens (tertiary/aromatic N) is 2. The fourth-order valence-corrected chi connectivity index (χ4v) is 1.36. The van der Waals surface area contributed by atoms with E-state index in [4.69, 9.17) is 11.6 Å². The summed E-state index contributed by atoms with van der Waals surface area (Å²) in [6.07, 6.45) is 0. The first-order valence-corrected chi connectivity index (χ1v) is 3.88. The zero-order valence-corrected chi connectivity index (χ0v) is 7.21. The van der Waals surface area contributed by atoms with E-state index in [9.17, 15) is 5.11 Å². The van der Waals surface area contributed by atoms with Gasteiger partial charge >= 0.3 is 0 Å². The highest BCUT2D eigenvalue weighted by atomic mass is 35.5. The van der Waals surface area contributed by atoms with Gasteiger partial charge in [-0.2, -0.15) is 5.10 Å². The summed E-state index contributed by atoms with van der Waals surface area (Å²) in [5, 5.41) is 14.7. The van der Waals surface area contributed by atoms with Crippen LogP contribution in [-0.4, -0.2) is 14.9 Å². The number of halogens is 1. The molecule has 0 aliphatic rings. The molecule has 1 aromatic heterocycles. The molecule has 0 aliphatic carbocycles. The lowest BCUT2D eigenvalue weighted by atomic mass is 10.2. The van der Waals surface area contributed by atoms with Gasteiger partial charge in [0, 0.05) is 12.4 Å². The number of phenols is 1. The van der Waals surface area contributed by atoms with Gasteiger partial charge in [-0.25, -0.2) is 0 Å². The van der Waals surface area contributed by atoms with E-state index in [0.29, 0.717) is 10.7 Å². The van der Waals surface area contributed by atoms with Crippen molar-refractivity contribution in [2.45, 2.75) is 0 Å². The molecular formula is C8H7ClN2O. The summed E-state index contributed by atoms with van der Waals surface area (Å²) in [4.78, 5) is 0. The van der Waals surface area contributed by atoms with E-state index in [1.807, 2.05) is 6.07 Å². The van der Waals surface area contributed by atoms with Crippen LogP contribution >= 0.6 is 11.6 Å². The minimum Gasteiger partial charge on any atom is -0.506 e. The third-order valence-corrected chi connectivity index (χ3v) is 2.22. The van der Waals surface area contributed by atoms with E-state index in [0.717, 1.165) is 5.39 Å². The fourth-order valence-electron chi connectivity index (χ4n) is 1.17. The second-order valence-electron chi connectivity index (χ2n) is 2.59. The van der Waals surface area contributed by atoms with Crippen LogP contribution in [0.1, 0.15) is 0 Å². The number of hydrogen-bond donors (Lipinski definition) is 1. The van der Waals surface area contributed by atoms with Crippen LogP contribution in [0.2, 0.25) is 5.15 Å². The second kappa shape index (κ2) is 2.38. The summed E-state index contributed by atoms with van der Waals surface area (Å²) in [5.74, 6) is 0.162. The first-order chi connectivity index (χ1) is 5.70. The van der Waals surface area contributed by atoms with E-state index in [-0.39, 0.29) is 5.75 Å². The monoisotopic (exact) mass is 182 g/mol. The number of phenolic OH excluding ortho intramolecular Hbond substituents is 1. The summed E-state index contributed by atoms with van der Waals surface area (Å²) in [6, 6.07) is 5.15. The molecule has 4 heteroatoms. The summed E-state index contributed by atoms with van der Waals surface area (Å²) < 4.78 is 1.53. The third-order valence-electron chi connectivity index (χ3n) is 1.77. The summed E-state index contributed by atoms with van der Waals surface area (Å²) in [7, 11) is 1.74. The molecule has 0 spiro atoms. The highest BCUT2D eigenvalue weighted by molar-refractivity contribution is 6.34. The zero-order valence-electron chi connectivity index (χ0n) is 6.45. The van der Waals surface area contributed by atoms with Crippen LogP contribution in [0.3, 0.4) is 0 Å². The summed E-state index contributed by atoms with van der Waals surface area (Å²) in [6.45, 7) is 0. The van der Waals surface area contributed by atoms with E-state index < -0.39 is 0 Å². The summed E-state index contributed by atoms with van der Waals surface area (Å²) >= 11 is 5.90. The Morgan fingerprint density at radius 3 is 2.92 bits per heavy atom. The van der Waals surface area contributed by atoms with Crippen LogP contribution in [0.25, 0.3) is 10.9 Å². The Morgan fingerprint density at radius 2 is 2.25 bits per heavy atom. The van der Waals surface area contributed by atoms with Gasteiger partial charge in [0.05, 0.1) is 0 Å². The van der Waals surface area contributed by atoms with Gasteiger partial charge in [0.25, 0.3) is 0 Å². The predicted octanol–water partition coefficient (Wildman–Crippen LogP) is 1.93. The first kappa shape index (κ1) is 7.43. The quantitative estimate of drug-likeness (QED) is 0.676. The Bertz CT molecular complexity index is 436. The first-order valence-electron chi connectivity index (χ1n) is 3.50. The van der Waals surface area contributed by atoms with Gasteiger partial charge in [0.15, 0.2) is 0 Å². The minimum absolute atomic E-state index is 0.162. The Balaban J connectivity index is 2.95. The number of hydrogen-bond acceptors (Lipinski definition) is 2. The molecule has 12 heavy (non-hydrogen) atoms. The van der Waals surface area contributed by atoms with Crippen molar-refractivity contribution < 1.29 is 5.11 Å². The van der Waals surface area contributed by atoms with Crippen molar-refractivity contribution in [2.24, 2.45) is 7.05 Å². The van der Waals surface area contributed by atoms with E-state index in [1.54, 1.807) is 19.2 Å². The molecule has 0 bridgehead atoms. The molecule has 3 nitrogen and oxygen atoms in total. The normalized spacial score (nSPS) is 10.8. The molecule has 0 aliphatic heterocycles. The molecule has 2 rings (SSSR count). The molecule has 62 valence electrons. The molecule has 2 aromatic rings. The summed E-state index contributed by atoms with van der Waals surface area (Å²) in [5.41, 5.74) is 0.546. The highest BCUT2D eigenvalue weighted by Gasteiger charge is 2.08. The lowest BCUT2D eigenvalue weighted by Gasteiger charge is -1.90. The average Bonchev–Trinajstić information content (AvgIpc) is 2.32. The topological polar surface area (TPSA) is 38.0 Å². The fraction of sp³-hybridized carbons (Fsp3) is 0.125. The van der Waals surface area contributed by atoms with Crippen LogP contribution in [0.4, 0.5) is 0 Å². The molecule has 0 saturated carbocycles. The van der Waals surface area contributed by atoms with Crippen molar-refractivity contribution >= 4 is 22.5 Å². The zero-order chi connectivity index (χ0) is 8.72. The van der Waals surface area contributed by atoms with Gasteiger partial charge in [-0.3, -0.25) is 4.68 Å². The van der Waals surface area contributed by atoms with Crippen LogP contribution < -0.4 is 0 Å². The Labute approximate surface area is 74.2 Å². The number of fused-ring (bicyclic) bond motifs is 1. The molecule has 0 atom stereocenters. The number of aromatic nitrogens is 2. The van der Waals surface area contributed by atoms with Gasteiger partial charge in [0.2, 0.25) is 0 Å². The Kier molecular flexibility index (Phi) is 1.48. The lowest BCUT2D eigenvalue weighted by Crippen LogP contribution is -1.87. The van der Waals surface area contributed by atoms with Crippen LogP contribution in [0.5, 0.6) is 5.75 Å². The van der Waals surface area contributed by atoms with Crippen LogP contribution in [-0.2, 0) is 7.05 Å². The molecular weight excluding hydrogens is 176 g/mol. The maximum Gasteiger partial charge on any atom is 0.143 e. The smallest absolute Gasteiger partial charge is 0.143 e. The van der Waals surface area contributed by atoms with Crippen molar-refractivity contribution in [3.63, 3.8) is 0 Å². The second-order valence-corrected chi connectivity index (χ2v) is 2.95. The van der Waals surface area contributed by atoms with Gasteiger partial charge in [-0.05, 0) is 12.1 Å². The van der Waals surface area contributed by atoms with Crippen molar-refractivity contribution in [3.05, 3.63) is 23.4 Å². The molecule has 0 radical (unpaired) electrons. The SMILES string of the molecule is Cn1nc2c(O)cccc2c1Cl. The van der Waals surface area contributed by atoms with Crippen LogP contribution in [0, 0.1) is 0 Å². The van der Waals surface area contributed by atoms with Crippen LogP contribution in [0.15, 0.2) is 18.2 Å². The molecule has 0 amide bonds. The van der Waals surface area contributed by atoms with Gasteiger partial charge in [-0.15, -0.1) is 0 Å². The van der Waals surface area contributed by atoms with E-state index >= 15 is 0 Å². The Morgan fingerprint density at radius 1 is 1.50 bits per heavy atom. The van der Waals surface area contributed by atoms with E-state index in [2.05, 4.69) is 5.10 Å². The molecule has 1 aromatic carbocycles. The van der Waals surface area contributed by atoms with Gasteiger partial charge in [-0.1, -0.05) is 17.7 Å². The number of benzene rings is 1. The van der Waals surface area contributed by atoms with Gasteiger partial charge < -0.3 is 5.11 Å². The molecule has 0 saturated heterocycles. The van der Waals surface area contributed by atoms with Crippen molar-refractivity contribution in [2.75, 3.05) is 0 Å². The maximum atomic E-state index is 9.37. The number of rotatable bonds is 0. The molecule has 0 unspecified atom stereocenters. The molecule has 1 N–H and O–H groups in total. The average molecular weight is 183 g/mol. The van der Waals surface area contributed by atoms with Crippen molar-refractivity contribution in [3.8, 4) is 5.75 Å². The Hall–Kier alpha value is -1.22.